The molecule has 0 aliphatic rings. The summed E-state index contributed by atoms with van der Waals surface area (Å²) >= 11 is 0. The molecule has 0 fully saturated rings. The molecule has 2 heterocycles. The first-order chi connectivity index (χ1) is 8.38. The standard InChI is InChI=1S/C13H12N4/c14-7-13-6-11(3-5-17-13)8-16-10-12-2-1-4-15-9-12/h1-6,9,16H,8,10H2. The Morgan fingerprint density at radius 2 is 2.06 bits per heavy atom. The zero-order valence-electron chi connectivity index (χ0n) is 9.30. The van der Waals surface area contributed by atoms with E-state index in [1.165, 1.54) is 0 Å². The van der Waals surface area contributed by atoms with Crippen molar-refractivity contribution in [2.45, 2.75) is 13.1 Å². The molecule has 4 nitrogen and oxygen atoms in total. The molecular formula is C13H12N4. The van der Waals surface area contributed by atoms with E-state index in [2.05, 4.69) is 15.3 Å². The summed E-state index contributed by atoms with van der Waals surface area (Å²) in [6, 6.07) is 9.65. The number of rotatable bonds is 4. The SMILES string of the molecule is N#Cc1cc(CNCc2cccnc2)ccn1. The van der Waals surface area contributed by atoms with Gasteiger partial charge in [0.15, 0.2) is 0 Å². The van der Waals surface area contributed by atoms with Gasteiger partial charge in [0, 0.05) is 31.7 Å². The predicted octanol–water partition coefficient (Wildman–Crippen LogP) is 1.64. The zero-order chi connectivity index (χ0) is 11.9. The Morgan fingerprint density at radius 3 is 2.82 bits per heavy atom. The Bertz CT molecular complexity index is 516. The highest BCUT2D eigenvalue weighted by atomic mass is 14.9. The first kappa shape index (κ1) is 11.2. The van der Waals surface area contributed by atoms with E-state index in [1.54, 1.807) is 18.5 Å². The average molecular weight is 224 g/mol. The van der Waals surface area contributed by atoms with Crippen LogP contribution in [0.2, 0.25) is 0 Å². The maximum absolute atomic E-state index is 8.72. The Hall–Kier alpha value is -2.25. The highest BCUT2D eigenvalue weighted by Crippen LogP contribution is 2.01. The molecule has 2 rings (SSSR count). The Labute approximate surface area is 100.0 Å². The summed E-state index contributed by atoms with van der Waals surface area (Å²) in [5, 5.41) is 12.0. The van der Waals surface area contributed by atoms with Gasteiger partial charge in [-0.3, -0.25) is 4.98 Å². The molecule has 0 saturated carbocycles. The van der Waals surface area contributed by atoms with Crippen molar-refractivity contribution in [1.82, 2.24) is 15.3 Å². The van der Waals surface area contributed by atoms with E-state index >= 15 is 0 Å². The molecule has 2 aromatic rings. The molecule has 0 bridgehead atoms. The van der Waals surface area contributed by atoms with Crippen LogP contribution in [0.3, 0.4) is 0 Å². The van der Waals surface area contributed by atoms with Crippen molar-refractivity contribution in [1.29, 1.82) is 5.26 Å². The molecule has 0 aliphatic carbocycles. The van der Waals surface area contributed by atoms with Gasteiger partial charge in [0.1, 0.15) is 11.8 Å². The van der Waals surface area contributed by atoms with Gasteiger partial charge in [-0.2, -0.15) is 5.26 Å². The normalized spacial score (nSPS) is 9.82. The lowest BCUT2D eigenvalue weighted by molar-refractivity contribution is 0.690. The predicted molar refractivity (Wildman–Crippen MR) is 63.7 cm³/mol. The van der Waals surface area contributed by atoms with Crippen LogP contribution >= 0.6 is 0 Å². The number of hydrogen-bond donors (Lipinski definition) is 1. The fourth-order valence-corrected chi connectivity index (χ4v) is 1.50. The quantitative estimate of drug-likeness (QED) is 0.857. The van der Waals surface area contributed by atoms with Crippen LogP contribution in [0.15, 0.2) is 42.9 Å². The van der Waals surface area contributed by atoms with Gasteiger partial charge in [-0.25, -0.2) is 4.98 Å². The number of aromatic nitrogens is 2. The van der Waals surface area contributed by atoms with Gasteiger partial charge >= 0.3 is 0 Å². The third-order valence-electron chi connectivity index (χ3n) is 2.32. The van der Waals surface area contributed by atoms with Crippen molar-refractivity contribution < 1.29 is 0 Å². The van der Waals surface area contributed by atoms with E-state index in [-0.39, 0.29) is 0 Å². The van der Waals surface area contributed by atoms with Crippen LogP contribution in [0.25, 0.3) is 0 Å². The van der Waals surface area contributed by atoms with Crippen molar-refractivity contribution in [3.8, 4) is 6.07 Å². The van der Waals surface area contributed by atoms with Gasteiger partial charge in [-0.05, 0) is 29.3 Å². The monoisotopic (exact) mass is 224 g/mol. The van der Waals surface area contributed by atoms with Crippen molar-refractivity contribution in [2.75, 3.05) is 0 Å². The molecular weight excluding hydrogens is 212 g/mol. The molecule has 0 aliphatic heterocycles. The van der Waals surface area contributed by atoms with Crippen LogP contribution in [0, 0.1) is 11.3 Å². The third kappa shape index (κ3) is 3.37. The van der Waals surface area contributed by atoms with Gasteiger partial charge in [0.05, 0.1) is 0 Å². The van der Waals surface area contributed by atoms with Crippen molar-refractivity contribution in [3.63, 3.8) is 0 Å². The second-order valence-electron chi connectivity index (χ2n) is 3.63. The summed E-state index contributed by atoms with van der Waals surface area (Å²) < 4.78 is 0. The Balaban J connectivity index is 1.88. The van der Waals surface area contributed by atoms with Crippen molar-refractivity contribution >= 4 is 0 Å². The number of pyridine rings is 2. The van der Waals surface area contributed by atoms with Crippen molar-refractivity contribution in [3.05, 3.63) is 59.7 Å². The van der Waals surface area contributed by atoms with E-state index < -0.39 is 0 Å². The number of nitrogens with one attached hydrogen (secondary N) is 1. The minimum absolute atomic E-state index is 0.450. The second-order valence-corrected chi connectivity index (χ2v) is 3.63. The highest BCUT2D eigenvalue weighted by Gasteiger charge is 1.96. The lowest BCUT2D eigenvalue weighted by Gasteiger charge is -2.04. The maximum Gasteiger partial charge on any atom is 0.140 e. The van der Waals surface area contributed by atoms with E-state index in [0.717, 1.165) is 17.7 Å². The van der Waals surface area contributed by atoms with Crippen LogP contribution in [0.4, 0.5) is 0 Å². The molecule has 4 heteroatoms. The Kier molecular flexibility index (Phi) is 3.79. The van der Waals surface area contributed by atoms with E-state index in [9.17, 15) is 0 Å². The Morgan fingerprint density at radius 1 is 1.18 bits per heavy atom. The summed E-state index contributed by atoms with van der Waals surface area (Å²) in [7, 11) is 0. The zero-order valence-corrected chi connectivity index (χ0v) is 9.30. The third-order valence-corrected chi connectivity index (χ3v) is 2.32. The number of nitriles is 1. The highest BCUT2D eigenvalue weighted by molar-refractivity contribution is 5.25. The lowest BCUT2D eigenvalue weighted by atomic mass is 10.2. The van der Waals surface area contributed by atoms with Crippen LogP contribution in [-0.4, -0.2) is 9.97 Å². The van der Waals surface area contributed by atoms with Crippen molar-refractivity contribution in [2.24, 2.45) is 0 Å². The molecule has 2 aromatic heterocycles. The largest absolute Gasteiger partial charge is 0.309 e. The average Bonchev–Trinajstić information content (AvgIpc) is 2.40. The summed E-state index contributed by atoms with van der Waals surface area (Å²) in [4.78, 5) is 7.97. The number of hydrogen-bond acceptors (Lipinski definition) is 4. The smallest absolute Gasteiger partial charge is 0.140 e. The molecule has 0 spiro atoms. The second kappa shape index (κ2) is 5.73. The lowest BCUT2D eigenvalue weighted by Crippen LogP contribution is -2.12. The van der Waals surface area contributed by atoms with Gasteiger partial charge in [-0.1, -0.05) is 6.07 Å². The number of nitrogens with zero attached hydrogens (tertiary/aromatic N) is 3. The van der Waals surface area contributed by atoms with Crippen LogP contribution in [0.1, 0.15) is 16.8 Å². The molecule has 17 heavy (non-hydrogen) atoms. The maximum atomic E-state index is 8.72. The first-order valence-electron chi connectivity index (χ1n) is 5.33. The minimum Gasteiger partial charge on any atom is -0.309 e. The van der Waals surface area contributed by atoms with E-state index in [1.807, 2.05) is 30.5 Å². The van der Waals surface area contributed by atoms with Gasteiger partial charge in [0.25, 0.3) is 0 Å². The van der Waals surface area contributed by atoms with Gasteiger partial charge in [-0.15, -0.1) is 0 Å². The molecule has 0 radical (unpaired) electrons. The van der Waals surface area contributed by atoms with Crippen LogP contribution in [0.5, 0.6) is 0 Å². The van der Waals surface area contributed by atoms with Crippen LogP contribution < -0.4 is 5.32 Å². The van der Waals surface area contributed by atoms with Gasteiger partial charge < -0.3 is 5.32 Å². The molecule has 0 aromatic carbocycles. The fraction of sp³-hybridized carbons (Fsp3) is 0.154. The molecule has 0 atom stereocenters. The molecule has 0 amide bonds. The molecule has 0 saturated heterocycles. The van der Waals surface area contributed by atoms with E-state index in [4.69, 9.17) is 5.26 Å². The molecule has 0 unspecified atom stereocenters. The fourth-order valence-electron chi connectivity index (χ4n) is 1.50. The first-order valence-corrected chi connectivity index (χ1v) is 5.33. The molecule has 84 valence electrons. The summed E-state index contributed by atoms with van der Waals surface area (Å²) in [6.45, 7) is 1.48. The summed E-state index contributed by atoms with van der Waals surface area (Å²) in [5.41, 5.74) is 2.65. The summed E-state index contributed by atoms with van der Waals surface area (Å²) in [5.74, 6) is 0. The topological polar surface area (TPSA) is 61.6 Å². The van der Waals surface area contributed by atoms with Gasteiger partial charge in [0.2, 0.25) is 0 Å². The van der Waals surface area contributed by atoms with E-state index in [0.29, 0.717) is 12.2 Å². The van der Waals surface area contributed by atoms with Crippen LogP contribution in [-0.2, 0) is 13.1 Å². The summed E-state index contributed by atoms with van der Waals surface area (Å²) in [6.07, 6.45) is 5.24. The molecule has 1 N–H and O–H groups in total. The minimum atomic E-state index is 0.450.